The van der Waals surface area contributed by atoms with E-state index in [-0.39, 0.29) is 29.9 Å². The van der Waals surface area contributed by atoms with Gasteiger partial charge in [0, 0.05) is 31.1 Å². The number of hydrogen-bond acceptors (Lipinski definition) is 4. The minimum absolute atomic E-state index is 0.0924. The molecule has 2 aliphatic heterocycles. The van der Waals surface area contributed by atoms with Crippen LogP contribution in [0.5, 0.6) is 5.75 Å². The van der Waals surface area contributed by atoms with E-state index in [1.165, 1.54) is 5.56 Å². The Morgan fingerprint density at radius 2 is 1.62 bits per heavy atom. The van der Waals surface area contributed by atoms with Crippen molar-refractivity contribution in [2.24, 2.45) is 5.92 Å². The molecule has 0 saturated carbocycles. The smallest absolute Gasteiger partial charge is 0.225 e. The molecule has 2 fully saturated rings. The Morgan fingerprint density at radius 3 is 2.22 bits per heavy atom. The quantitative estimate of drug-likeness (QED) is 0.526. The predicted octanol–water partition coefficient (Wildman–Crippen LogP) is 4.97. The highest BCUT2D eigenvalue weighted by Crippen LogP contribution is 2.31. The van der Waals surface area contributed by atoms with Crippen molar-refractivity contribution in [1.29, 1.82) is 0 Å². The first-order chi connectivity index (χ1) is 18.0. The highest BCUT2D eigenvalue weighted by Gasteiger charge is 2.31. The topological polar surface area (TPSA) is 72.9 Å². The Balaban J connectivity index is 1.26. The van der Waals surface area contributed by atoms with Crippen molar-refractivity contribution in [1.82, 2.24) is 9.80 Å². The standard InChI is InChI=1S/C31H39N3O3/c1-3-5-27(24-8-12-29(35)13-9-24)22-30(36)32-28-10-6-23(7-11-28)25-16-20-34(21-17-25)31(37)26-14-18-33(4-2)19-15-26/h6-13,25-27,35H,4,14-22H2,1-2H3,(H,32,36)/t27-/m0/s1. The fourth-order valence-corrected chi connectivity index (χ4v) is 5.56. The second-order valence-corrected chi connectivity index (χ2v) is 10.2. The van der Waals surface area contributed by atoms with Gasteiger partial charge < -0.3 is 20.2 Å². The third kappa shape index (κ3) is 7.14. The Bertz CT molecular complexity index is 1100. The Labute approximate surface area is 221 Å². The molecule has 2 aromatic rings. The van der Waals surface area contributed by atoms with Crippen LogP contribution >= 0.6 is 0 Å². The Hall–Kier alpha value is -3.30. The molecule has 4 rings (SSSR count). The van der Waals surface area contributed by atoms with E-state index in [0.29, 0.717) is 11.8 Å². The molecule has 0 radical (unpaired) electrons. The zero-order valence-corrected chi connectivity index (χ0v) is 22.1. The highest BCUT2D eigenvalue weighted by molar-refractivity contribution is 5.91. The number of phenolic OH excluding ortho intramolecular Hbond substituents is 1. The van der Waals surface area contributed by atoms with Gasteiger partial charge in [0.2, 0.25) is 11.8 Å². The van der Waals surface area contributed by atoms with E-state index in [1.807, 2.05) is 12.1 Å². The lowest BCUT2D eigenvalue weighted by Crippen LogP contribution is -2.45. The van der Waals surface area contributed by atoms with E-state index < -0.39 is 0 Å². The lowest BCUT2D eigenvalue weighted by Gasteiger charge is -2.37. The molecule has 0 spiro atoms. The lowest BCUT2D eigenvalue weighted by atomic mass is 9.88. The number of aromatic hydroxyl groups is 1. The molecule has 2 aromatic carbocycles. The third-order valence-electron chi connectivity index (χ3n) is 7.86. The summed E-state index contributed by atoms with van der Waals surface area (Å²) in [6.07, 6.45) is 4.18. The summed E-state index contributed by atoms with van der Waals surface area (Å²) < 4.78 is 0. The molecule has 2 amide bonds. The summed E-state index contributed by atoms with van der Waals surface area (Å²) >= 11 is 0. The number of rotatable bonds is 7. The number of benzene rings is 2. The normalized spacial score (nSPS) is 18.1. The van der Waals surface area contributed by atoms with Gasteiger partial charge in [-0.25, -0.2) is 0 Å². The molecular formula is C31H39N3O3. The molecule has 0 aromatic heterocycles. The summed E-state index contributed by atoms with van der Waals surface area (Å²) in [5.41, 5.74) is 2.95. The molecule has 0 aliphatic carbocycles. The van der Waals surface area contributed by atoms with Gasteiger partial charge in [-0.1, -0.05) is 37.1 Å². The summed E-state index contributed by atoms with van der Waals surface area (Å²) in [7, 11) is 0. The van der Waals surface area contributed by atoms with E-state index in [1.54, 1.807) is 31.2 Å². The third-order valence-corrected chi connectivity index (χ3v) is 7.86. The maximum atomic E-state index is 13.0. The fourth-order valence-electron chi connectivity index (χ4n) is 5.56. The molecular weight excluding hydrogens is 462 g/mol. The SMILES string of the molecule is CC#C[C@@H](CC(=O)Nc1ccc(C2CCN(C(=O)C3CCN(CC)CC3)CC2)cc1)c1ccc(O)cc1. The first kappa shape index (κ1) is 26.8. The number of amides is 2. The number of hydrogen-bond donors (Lipinski definition) is 2. The zero-order valence-electron chi connectivity index (χ0n) is 22.1. The van der Waals surface area contributed by atoms with Crippen molar-refractivity contribution in [3.8, 4) is 17.6 Å². The van der Waals surface area contributed by atoms with E-state index in [0.717, 1.165) is 69.7 Å². The summed E-state index contributed by atoms with van der Waals surface area (Å²) in [6, 6.07) is 15.0. The van der Waals surface area contributed by atoms with E-state index >= 15 is 0 Å². The van der Waals surface area contributed by atoms with Crippen LogP contribution < -0.4 is 5.32 Å². The minimum atomic E-state index is -0.225. The van der Waals surface area contributed by atoms with Gasteiger partial charge in [0.25, 0.3) is 0 Å². The number of nitrogens with one attached hydrogen (secondary N) is 1. The van der Waals surface area contributed by atoms with Crippen molar-refractivity contribution in [2.45, 2.75) is 57.8 Å². The second-order valence-electron chi connectivity index (χ2n) is 10.2. The molecule has 2 saturated heterocycles. The predicted molar refractivity (Wildman–Crippen MR) is 147 cm³/mol. The number of nitrogens with zero attached hydrogens (tertiary/aromatic N) is 2. The van der Waals surface area contributed by atoms with Crippen LogP contribution in [0.15, 0.2) is 48.5 Å². The zero-order chi connectivity index (χ0) is 26.2. The van der Waals surface area contributed by atoms with Gasteiger partial charge in [0.1, 0.15) is 5.75 Å². The number of likely N-dealkylation sites (tertiary alicyclic amines) is 2. The molecule has 2 heterocycles. The van der Waals surface area contributed by atoms with E-state index in [2.05, 4.69) is 46.0 Å². The molecule has 196 valence electrons. The van der Waals surface area contributed by atoms with Crippen LogP contribution in [0.25, 0.3) is 0 Å². The average Bonchev–Trinajstić information content (AvgIpc) is 2.93. The van der Waals surface area contributed by atoms with Crippen molar-refractivity contribution in [2.75, 3.05) is 38.0 Å². The monoisotopic (exact) mass is 501 g/mol. The summed E-state index contributed by atoms with van der Waals surface area (Å²) in [5.74, 6) is 6.87. The van der Waals surface area contributed by atoms with Crippen LogP contribution in [0.3, 0.4) is 0 Å². The number of carbonyl (C=O) groups excluding carboxylic acids is 2. The van der Waals surface area contributed by atoms with Crippen LogP contribution in [0.4, 0.5) is 5.69 Å². The number of phenols is 1. The van der Waals surface area contributed by atoms with Crippen molar-refractivity contribution in [3.63, 3.8) is 0 Å². The van der Waals surface area contributed by atoms with Crippen LogP contribution in [-0.4, -0.2) is 59.4 Å². The van der Waals surface area contributed by atoms with Crippen LogP contribution in [0, 0.1) is 17.8 Å². The molecule has 2 N–H and O–H groups in total. The number of carbonyl (C=O) groups is 2. The molecule has 0 bridgehead atoms. The van der Waals surface area contributed by atoms with Gasteiger partial charge in [-0.15, -0.1) is 5.92 Å². The molecule has 6 nitrogen and oxygen atoms in total. The Kier molecular flexibility index (Phi) is 9.24. The van der Waals surface area contributed by atoms with Crippen molar-refractivity contribution in [3.05, 3.63) is 59.7 Å². The molecule has 6 heteroatoms. The number of piperidine rings is 2. The largest absolute Gasteiger partial charge is 0.508 e. The van der Waals surface area contributed by atoms with Gasteiger partial charge >= 0.3 is 0 Å². The van der Waals surface area contributed by atoms with Crippen molar-refractivity contribution < 1.29 is 14.7 Å². The van der Waals surface area contributed by atoms with Gasteiger partial charge in [-0.3, -0.25) is 9.59 Å². The summed E-state index contributed by atoms with van der Waals surface area (Å²) in [6.45, 7) is 8.75. The average molecular weight is 502 g/mol. The van der Waals surface area contributed by atoms with E-state index in [4.69, 9.17) is 0 Å². The van der Waals surface area contributed by atoms with Gasteiger partial charge in [-0.05, 0) is 93.6 Å². The van der Waals surface area contributed by atoms with Crippen molar-refractivity contribution >= 4 is 17.5 Å². The fraction of sp³-hybridized carbons (Fsp3) is 0.484. The van der Waals surface area contributed by atoms with Gasteiger partial charge in [0.05, 0.1) is 5.92 Å². The van der Waals surface area contributed by atoms with E-state index in [9.17, 15) is 14.7 Å². The van der Waals surface area contributed by atoms with Crippen LogP contribution in [-0.2, 0) is 9.59 Å². The second kappa shape index (κ2) is 12.8. The minimum Gasteiger partial charge on any atom is -0.508 e. The first-order valence-corrected chi connectivity index (χ1v) is 13.6. The lowest BCUT2D eigenvalue weighted by molar-refractivity contribution is -0.138. The summed E-state index contributed by atoms with van der Waals surface area (Å²) in [4.78, 5) is 30.2. The van der Waals surface area contributed by atoms with Gasteiger partial charge in [0.15, 0.2) is 0 Å². The molecule has 1 atom stereocenters. The summed E-state index contributed by atoms with van der Waals surface area (Å²) in [5, 5.41) is 12.5. The maximum absolute atomic E-state index is 13.0. The number of anilines is 1. The molecule has 2 aliphatic rings. The maximum Gasteiger partial charge on any atom is 0.225 e. The Morgan fingerprint density at radius 1 is 0.973 bits per heavy atom. The van der Waals surface area contributed by atoms with Crippen LogP contribution in [0.2, 0.25) is 0 Å². The van der Waals surface area contributed by atoms with Gasteiger partial charge in [-0.2, -0.15) is 0 Å². The first-order valence-electron chi connectivity index (χ1n) is 13.6. The van der Waals surface area contributed by atoms with Crippen LogP contribution in [0.1, 0.15) is 68.9 Å². The molecule has 37 heavy (non-hydrogen) atoms. The molecule has 0 unspecified atom stereocenters. The highest BCUT2D eigenvalue weighted by atomic mass is 16.3.